The first kappa shape index (κ1) is 59.7. The fourth-order valence-electron chi connectivity index (χ4n) is 10.6. The topological polar surface area (TPSA) is 199 Å². The maximum absolute atomic E-state index is 16.5. The number of anilines is 2. The summed E-state index contributed by atoms with van der Waals surface area (Å²) in [4.78, 5) is 86.0. The Labute approximate surface area is 507 Å². The van der Waals surface area contributed by atoms with Crippen LogP contribution in [0.5, 0.6) is 0 Å². The van der Waals surface area contributed by atoms with E-state index in [-0.39, 0.29) is 50.7 Å². The quantitative estimate of drug-likeness (QED) is 0.0376. The van der Waals surface area contributed by atoms with Crippen LogP contribution in [0.1, 0.15) is 105 Å². The summed E-state index contributed by atoms with van der Waals surface area (Å²) in [5.74, 6) is 2.60. The Morgan fingerprint density at radius 2 is 0.965 bits per heavy atom. The molecule has 0 bridgehead atoms. The second-order valence-electron chi connectivity index (χ2n) is 20.1. The number of alkyl halides is 3. The number of nitrogens with one attached hydrogen (secondary N) is 1. The molecule has 3 amide bonds. The fraction of sp³-hybridized carbons (Fsp3) is 0.227. The second-order valence-corrected chi connectivity index (χ2v) is 20.9. The van der Waals surface area contributed by atoms with Gasteiger partial charge in [0.1, 0.15) is 29.8 Å². The molecule has 0 spiro atoms. The molecule has 20 heteroatoms. The van der Waals surface area contributed by atoms with Crippen molar-refractivity contribution >= 4 is 86.0 Å². The zero-order valence-electron chi connectivity index (χ0n) is 47.1. The van der Waals surface area contributed by atoms with E-state index in [0.29, 0.717) is 27.5 Å². The second kappa shape index (κ2) is 25.0. The molecule has 86 heavy (non-hydrogen) atoms. The maximum atomic E-state index is 16.5. The van der Waals surface area contributed by atoms with E-state index in [4.69, 9.17) is 18.9 Å². The monoisotopic (exact) mass is 1270 g/mol. The Kier molecular flexibility index (Phi) is 17.3. The van der Waals surface area contributed by atoms with Crippen LogP contribution in [0.4, 0.5) is 20.4 Å². The number of aromatic nitrogens is 6. The lowest BCUT2D eigenvalue weighted by Crippen LogP contribution is -2.46. The number of hydrogen-bond acceptors (Lipinski definition) is 13. The summed E-state index contributed by atoms with van der Waals surface area (Å²) in [6.07, 6.45) is 3.23. The van der Waals surface area contributed by atoms with Gasteiger partial charge in [0.2, 0.25) is 22.9 Å². The first-order chi connectivity index (χ1) is 41.6. The highest BCUT2D eigenvalue weighted by Gasteiger charge is 2.67. The molecule has 8 atom stereocenters. The number of carbonyl (C=O) groups is 5. The van der Waals surface area contributed by atoms with Crippen LogP contribution < -0.4 is 10.2 Å². The number of amides is 3. The summed E-state index contributed by atoms with van der Waals surface area (Å²) >= 11 is 1.89. The van der Waals surface area contributed by atoms with Gasteiger partial charge in [-0.15, -0.1) is 11.8 Å². The summed E-state index contributed by atoms with van der Waals surface area (Å²) in [5.41, 5.74) is -1.35. The molecule has 434 valence electrons. The van der Waals surface area contributed by atoms with Gasteiger partial charge in [-0.05, 0) is 86.6 Å². The lowest BCUT2D eigenvalue weighted by Gasteiger charge is -2.33. The minimum Gasteiger partial charge on any atom is -0.437 e. The predicted octanol–water partition coefficient (Wildman–Crippen LogP) is 12.3. The lowest BCUT2D eigenvalue weighted by atomic mass is 9.83. The number of benzene rings is 5. The zero-order valence-corrected chi connectivity index (χ0v) is 49.2. The van der Waals surface area contributed by atoms with E-state index >= 15 is 8.78 Å². The van der Waals surface area contributed by atoms with Crippen LogP contribution in [-0.4, -0.2) is 86.1 Å². The van der Waals surface area contributed by atoms with E-state index in [0.717, 1.165) is 4.90 Å². The molecule has 2 saturated heterocycles. The molecule has 0 radical (unpaired) electrons. The molecule has 5 aromatic carbocycles. The average molecular weight is 1270 g/mol. The fourth-order valence-corrected chi connectivity index (χ4v) is 11.4. The summed E-state index contributed by atoms with van der Waals surface area (Å²) in [6, 6.07) is 45.6. The van der Waals surface area contributed by atoms with Crippen LogP contribution in [0, 0.1) is 35.5 Å². The van der Waals surface area contributed by atoms with Gasteiger partial charge in [0.05, 0.1) is 38.2 Å². The Hall–Kier alpha value is -9.48. The molecule has 1 N–H and O–H groups in total. The van der Waals surface area contributed by atoms with Gasteiger partial charge in [-0.2, -0.15) is 0 Å². The molecule has 0 aliphatic carbocycles. The first-order valence-corrected chi connectivity index (χ1v) is 28.8. The highest BCUT2D eigenvalue weighted by Crippen LogP contribution is 2.55. The number of nitrogens with zero attached hydrogens (tertiary/aromatic N) is 7. The van der Waals surface area contributed by atoms with Crippen LogP contribution in [-0.2, 0) is 18.9 Å². The van der Waals surface area contributed by atoms with Gasteiger partial charge < -0.3 is 33.4 Å². The third-order valence-corrected chi connectivity index (χ3v) is 16.2. The summed E-state index contributed by atoms with van der Waals surface area (Å²) < 4.78 is 60.0. The SMILES string of the molecule is CC#C[C@]1(OC(=O)c2ccccc2)[C@H](n2ccc3c(N(C(=O)c4ccccc4)C(=O)c4ccccc4)ncnc32)O[C@](F)(CI)[C@H]1C.CC#C[C@]1(OC(=O)c2ccccc2)[C@H](n2ccc3c(NC(=O)c4ccccc4)ncnc32)O[C@](F)(CC)[C@H]1C. The molecule has 0 unspecified atom stereocenters. The standard InChI is InChI=1S/C36H28FIN4O5.C30H27FN4O4/c1-3-20-35(46-33(45)27-17-11-6-12-18-27)24(2)36(37,22-38)47-34(35)41-21-19-28-29(41)39-23-40-30(28)42(31(43)25-13-7-4-8-14-25)32(44)26-15-9-5-10-16-26;1-4-17-29(38-27(37)22-14-10-7-11-15-22)20(3)30(31,5-2)39-28(29)35-18-16-23-24(32-19-33-25(23)35)34-26(36)21-12-8-6-9-13-21/h4-19,21,23-24,34H,22H2,1-2H3;6-16,18-20,28H,5H2,1-3H3,(H,32,33,34,36)/t24-,34+,35+,36+;20-,28+,29+,30+/m00/s1. The number of carbonyl (C=O) groups excluding carboxylic acids is 5. The molecule has 2 aliphatic rings. The largest absolute Gasteiger partial charge is 0.437 e. The number of ether oxygens (including phenoxy) is 4. The van der Waals surface area contributed by atoms with Crippen LogP contribution in [0.3, 0.4) is 0 Å². The minimum absolute atomic E-state index is 0.00721. The van der Waals surface area contributed by atoms with E-state index in [1.807, 2.05) is 28.7 Å². The normalized spacial score (nSPS) is 22.9. The van der Waals surface area contributed by atoms with Crippen molar-refractivity contribution < 1.29 is 51.7 Å². The Bertz CT molecular complexity index is 4070. The van der Waals surface area contributed by atoms with Crippen molar-refractivity contribution in [3.63, 3.8) is 0 Å². The Morgan fingerprint density at radius 3 is 1.41 bits per heavy atom. The molecule has 9 aromatic rings. The van der Waals surface area contributed by atoms with Crippen molar-refractivity contribution in [3.05, 3.63) is 217 Å². The lowest BCUT2D eigenvalue weighted by molar-refractivity contribution is -0.173. The molecular formula is C66H55F2IN8O9. The van der Waals surface area contributed by atoms with Gasteiger partial charge in [0, 0.05) is 35.5 Å². The van der Waals surface area contributed by atoms with Crippen molar-refractivity contribution in [1.29, 1.82) is 0 Å². The van der Waals surface area contributed by atoms with E-state index < -0.39 is 71.0 Å². The van der Waals surface area contributed by atoms with Gasteiger partial charge in [-0.3, -0.25) is 14.4 Å². The van der Waals surface area contributed by atoms with Crippen LogP contribution in [0.25, 0.3) is 22.1 Å². The smallest absolute Gasteiger partial charge is 0.339 e. The number of fused-ring (bicyclic) bond motifs is 2. The van der Waals surface area contributed by atoms with Crippen molar-refractivity contribution in [3.8, 4) is 23.7 Å². The van der Waals surface area contributed by atoms with E-state index in [2.05, 4.69) is 48.9 Å². The van der Waals surface area contributed by atoms with E-state index in [1.54, 1.807) is 209 Å². The third-order valence-electron chi connectivity index (χ3n) is 15.2. The van der Waals surface area contributed by atoms with Crippen LogP contribution in [0.2, 0.25) is 0 Å². The number of rotatable bonds is 13. The van der Waals surface area contributed by atoms with Crippen molar-refractivity contribution in [1.82, 2.24) is 29.1 Å². The summed E-state index contributed by atoms with van der Waals surface area (Å²) in [5, 5.41) is 3.61. The van der Waals surface area contributed by atoms with Crippen LogP contribution >= 0.6 is 22.6 Å². The molecule has 17 nitrogen and oxygen atoms in total. The van der Waals surface area contributed by atoms with Crippen molar-refractivity contribution in [2.75, 3.05) is 14.6 Å². The molecule has 2 aliphatic heterocycles. The van der Waals surface area contributed by atoms with Crippen molar-refractivity contribution in [2.24, 2.45) is 11.8 Å². The Balaban J connectivity index is 0.000000194. The minimum atomic E-state index is -2.24. The van der Waals surface area contributed by atoms with Gasteiger partial charge in [0.15, 0.2) is 18.3 Å². The van der Waals surface area contributed by atoms with Gasteiger partial charge in [-0.1, -0.05) is 146 Å². The van der Waals surface area contributed by atoms with Gasteiger partial charge in [0.25, 0.3) is 17.7 Å². The zero-order chi connectivity index (χ0) is 60.8. The highest BCUT2D eigenvalue weighted by atomic mass is 127. The van der Waals surface area contributed by atoms with E-state index in [9.17, 15) is 24.0 Å². The molecule has 6 heterocycles. The van der Waals surface area contributed by atoms with E-state index in [1.165, 1.54) is 17.2 Å². The highest BCUT2D eigenvalue weighted by molar-refractivity contribution is 14.1. The molecular weight excluding hydrogens is 1210 g/mol. The number of esters is 2. The third kappa shape index (κ3) is 11.1. The number of halogens is 3. The first-order valence-electron chi connectivity index (χ1n) is 27.3. The maximum Gasteiger partial charge on any atom is 0.339 e. The molecule has 11 rings (SSSR count). The molecule has 2 fully saturated rings. The summed E-state index contributed by atoms with van der Waals surface area (Å²) in [7, 11) is 0. The van der Waals surface area contributed by atoms with Crippen LogP contribution in [0.15, 0.2) is 189 Å². The molecule has 0 saturated carbocycles. The van der Waals surface area contributed by atoms with Crippen molar-refractivity contribution in [2.45, 2.75) is 76.4 Å². The predicted molar refractivity (Wildman–Crippen MR) is 325 cm³/mol. The summed E-state index contributed by atoms with van der Waals surface area (Å²) in [6.45, 7) is 8.04. The number of imide groups is 1. The van der Waals surface area contributed by atoms with Gasteiger partial charge in [-0.25, -0.2) is 43.2 Å². The number of hydrogen-bond donors (Lipinski definition) is 1. The van der Waals surface area contributed by atoms with Gasteiger partial charge >= 0.3 is 11.9 Å². The Morgan fingerprint density at radius 1 is 0.570 bits per heavy atom. The molecule has 4 aromatic heterocycles. The average Bonchev–Trinajstić information content (AvgIpc) is 1.60.